The van der Waals surface area contributed by atoms with Gasteiger partial charge in [-0.25, -0.2) is 0 Å². The van der Waals surface area contributed by atoms with Gasteiger partial charge in [0.25, 0.3) is 0 Å². The van der Waals surface area contributed by atoms with Crippen molar-refractivity contribution in [2.24, 2.45) is 23.2 Å². The molecule has 0 aromatic heterocycles. The van der Waals surface area contributed by atoms with E-state index in [1.54, 1.807) is 0 Å². The van der Waals surface area contributed by atoms with Crippen molar-refractivity contribution < 1.29 is 4.79 Å². The SMILES string of the molecule is CC(C#N)CC(=O)C1CCC(C(C)(C)C)CC1. The van der Waals surface area contributed by atoms with Crippen molar-refractivity contribution in [2.75, 3.05) is 0 Å². The fraction of sp³-hybridized carbons (Fsp3) is 0.867. The summed E-state index contributed by atoms with van der Waals surface area (Å²) in [7, 11) is 0. The van der Waals surface area contributed by atoms with Gasteiger partial charge in [-0.2, -0.15) is 5.26 Å². The largest absolute Gasteiger partial charge is 0.299 e. The van der Waals surface area contributed by atoms with Crippen LogP contribution in [0.4, 0.5) is 0 Å². The number of Topliss-reactive ketones (excluding diaryl/α,β-unsaturated/α-hetero) is 1. The highest BCUT2D eigenvalue weighted by molar-refractivity contribution is 5.81. The number of rotatable bonds is 3. The van der Waals surface area contributed by atoms with Crippen LogP contribution in [0.3, 0.4) is 0 Å². The topological polar surface area (TPSA) is 40.9 Å². The van der Waals surface area contributed by atoms with Gasteiger partial charge in [-0.15, -0.1) is 0 Å². The molecular formula is C15H25NO. The first kappa shape index (κ1) is 14.2. The predicted octanol–water partition coefficient (Wildman–Crippen LogP) is 3.96. The van der Waals surface area contributed by atoms with Gasteiger partial charge < -0.3 is 0 Å². The monoisotopic (exact) mass is 235 g/mol. The highest BCUT2D eigenvalue weighted by Crippen LogP contribution is 2.40. The van der Waals surface area contributed by atoms with Crippen molar-refractivity contribution >= 4 is 5.78 Å². The Balaban J connectivity index is 2.42. The lowest BCUT2D eigenvalue weighted by Gasteiger charge is -2.36. The summed E-state index contributed by atoms with van der Waals surface area (Å²) in [4.78, 5) is 12.0. The number of ketones is 1. The number of hydrogen-bond acceptors (Lipinski definition) is 2. The van der Waals surface area contributed by atoms with Gasteiger partial charge in [-0.1, -0.05) is 20.8 Å². The summed E-state index contributed by atoms with van der Waals surface area (Å²) in [6.07, 6.45) is 4.83. The molecule has 1 fully saturated rings. The van der Waals surface area contributed by atoms with Crippen LogP contribution in [-0.2, 0) is 4.79 Å². The van der Waals surface area contributed by atoms with Gasteiger partial charge in [0.15, 0.2) is 0 Å². The van der Waals surface area contributed by atoms with Crippen LogP contribution in [0, 0.1) is 34.5 Å². The summed E-state index contributed by atoms with van der Waals surface area (Å²) >= 11 is 0. The Morgan fingerprint density at radius 1 is 1.29 bits per heavy atom. The Morgan fingerprint density at radius 2 is 1.82 bits per heavy atom. The van der Waals surface area contributed by atoms with Crippen LogP contribution in [0.2, 0.25) is 0 Å². The average Bonchev–Trinajstić information content (AvgIpc) is 2.27. The first-order valence-corrected chi connectivity index (χ1v) is 6.77. The molecule has 2 nitrogen and oxygen atoms in total. The Labute approximate surface area is 105 Å². The van der Waals surface area contributed by atoms with E-state index in [9.17, 15) is 4.79 Å². The summed E-state index contributed by atoms with van der Waals surface area (Å²) in [6, 6.07) is 2.15. The van der Waals surface area contributed by atoms with E-state index in [0.717, 1.165) is 18.8 Å². The van der Waals surface area contributed by atoms with Crippen LogP contribution in [0.15, 0.2) is 0 Å². The molecule has 0 aliphatic heterocycles. The van der Waals surface area contributed by atoms with Gasteiger partial charge in [0, 0.05) is 12.3 Å². The zero-order valence-electron chi connectivity index (χ0n) is 11.6. The van der Waals surface area contributed by atoms with E-state index in [-0.39, 0.29) is 11.8 Å². The summed E-state index contributed by atoms with van der Waals surface area (Å²) in [6.45, 7) is 8.70. The molecule has 1 atom stereocenters. The normalized spacial score (nSPS) is 27.2. The van der Waals surface area contributed by atoms with Crippen molar-refractivity contribution in [2.45, 2.75) is 59.8 Å². The maximum absolute atomic E-state index is 12.0. The van der Waals surface area contributed by atoms with E-state index in [1.165, 1.54) is 12.8 Å². The molecule has 96 valence electrons. The zero-order chi connectivity index (χ0) is 13.1. The summed E-state index contributed by atoms with van der Waals surface area (Å²) in [5.74, 6) is 1.17. The number of carbonyl (C=O) groups is 1. The molecule has 1 unspecified atom stereocenters. The second-order valence-electron chi connectivity index (χ2n) is 6.62. The minimum atomic E-state index is -0.122. The van der Waals surface area contributed by atoms with Crippen LogP contribution in [0.25, 0.3) is 0 Å². The average molecular weight is 235 g/mol. The first-order valence-electron chi connectivity index (χ1n) is 6.77. The highest BCUT2D eigenvalue weighted by atomic mass is 16.1. The minimum absolute atomic E-state index is 0.122. The number of carbonyl (C=O) groups excluding carboxylic acids is 1. The number of nitriles is 1. The molecule has 1 rings (SSSR count). The van der Waals surface area contributed by atoms with Crippen LogP contribution in [0.5, 0.6) is 0 Å². The van der Waals surface area contributed by atoms with Crippen LogP contribution in [-0.4, -0.2) is 5.78 Å². The fourth-order valence-corrected chi connectivity index (χ4v) is 2.80. The standard InChI is InChI=1S/C15H25NO/c1-11(10-16)9-14(17)12-5-7-13(8-6-12)15(2,3)4/h11-13H,5-9H2,1-4H3. The lowest BCUT2D eigenvalue weighted by molar-refractivity contribution is -0.124. The van der Waals surface area contributed by atoms with Gasteiger partial charge in [-0.05, 0) is 43.9 Å². The molecule has 0 aromatic carbocycles. The molecule has 1 aliphatic rings. The molecule has 2 heteroatoms. The number of hydrogen-bond donors (Lipinski definition) is 0. The van der Waals surface area contributed by atoms with Crippen molar-refractivity contribution in [1.29, 1.82) is 5.26 Å². The van der Waals surface area contributed by atoms with E-state index in [2.05, 4.69) is 26.8 Å². The molecule has 0 spiro atoms. The van der Waals surface area contributed by atoms with Gasteiger partial charge in [0.05, 0.1) is 12.0 Å². The molecule has 0 N–H and O–H groups in total. The van der Waals surface area contributed by atoms with Crippen molar-refractivity contribution in [1.82, 2.24) is 0 Å². The Morgan fingerprint density at radius 3 is 2.24 bits per heavy atom. The summed E-state index contributed by atoms with van der Waals surface area (Å²) < 4.78 is 0. The van der Waals surface area contributed by atoms with Gasteiger partial charge >= 0.3 is 0 Å². The molecule has 0 heterocycles. The quantitative estimate of drug-likeness (QED) is 0.743. The molecule has 0 aromatic rings. The molecule has 0 saturated heterocycles. The molecule has 0 radical (unpaired) electrons. The van der Waals surface area contributed by atoms with E-state index < -0.39 is 0 Å². The second-order valence-corrected chi connectivity index (χ2v) is 6.62. The van der Waals surface area contributed by atoms with E-state index in [4.69, 9.17) is 5.26 Å². The maximum atomic E-state index is 12.0. The van der Waals surface area contributed by atoms with Crippen LogP contribution >= 0.6 is 0 Å². The van der Waals surface area contributed by atoms with E-state index >= 15 is 0 Å². The second kappa shape index (κ2) is 5.67. The van der Waals surface area contributed by atoms with Crippen molar-refractivity contribution in [3.8, 4) is 6.07 Å². The van der Waals surface area contributed by atoms with Crippen molar-refractivity contribution in [3.63, 3.8) is 0 Å². The van der Waals surface area contributed by atoms with Crippen LogP contribution in [0.1, 0.15) is 59.8 Å². The third-order valence-electron chi connectivity index (χ3n) is 4.14. The third-order valence-corrected chi connectivity index (χ3v) is 4.14. The lowest BCUT2D eigenvalue weighted by Crippen LogP contribution is -2.29. The maximum Gasteiger partial charge on any atom is 0.137 e. The van der Waals surface area contributed by atoms with Gasteiger partial charge in [0.1, 0.15) is 5.78 Å². The highest BCUT2D eigenvalue weighted by Gasteiger charge is 2.32. The summed E-state index contributed by atoms with van der Waals surface area (Å²) in [5, 5.41) is 8.73. The molecular weight excluding hydrogens is 210 g/mol. The Kier molecular flexibility index (Phi) is 4.74. The van der Waals surface area contributed by atoms with E-state index in [0.29, 0.717) is 17.6 Å². The molecule has 0 amide bonds. The van der Waals surface area contributed by atoms with Gasteiger partial charge in [0.2, 0.25) is 0 Å². The minimum Gasteiger partial charge on any atom is -0.299 e. The Bertz CT molecular complexity index is 300. The lowest BCUT2D eigenvalue weighted by atomic mass is 9.69. The van der Waals surface area contributed by atoms with Crippen LogP contribution < -0.4 is 0 Å². The van der Waals surface area contributed by atoms with E-state index in [1.807, 2.05) is 6.92 Å². The first-order chi connectivity index (χ1) is 7.84. The zero-order valence-corrected chi connectivity index (χ0v) is 11.6. The predicted molar refractivity (Wildman–Crippen MR) is 69.3 cm³/mol. The third kappa shape index (κ3) is 4.15. The molecule has 1 aliphatic carbocycles. The molecule has 1 saturated carbocycles. The smallest absolute Gasteiger partial charge is 0.137 e. The Hall–Kier alpha value is -0.840. The van der Waals surface area contributed by atoms with Gasteiger partial charge in [-0.3, -0.25) is 4.79 Å². The number of nitrogens with zero attached hydrogens (tertiary/aromatic N) is 1. The fourth-order valence-electron chi connectivity index (χ4n) is 2.80. The van der Waals surface area contributed by atoms with Crippen molar-refractivity contribution in [3.05, 3.63) is 0 Å². The molecule has 17 heavy (non-hydrogen) atoms. The molecule has 0 bridgehead atoms. The summed E-state index contributed by atoms with van der Waals surface area (Å²) in [5.41, 5.74) is 0.369.